The van der Waals surface area contributed by atoms with E-state index in [2.05, 4.69) is 9.97 Å². The zero-order valence-electron chi connectivity index (χ0n) is 10.3. The number of hydrogen-bond acceptors (Lipinski definition) is 1. The first-order chi connectivity index (χ1) is 9.86. The van der Waals surface area contributed by atoms with Crippen LogP contribution in [0.4, 0.5) is 13.2 Å². The Morgan fingerprint density at radius 3 is 2.48 bits per heavy atom. The van der Waals surface area contributed by atoms with Gasteiger partial charge in [-0.15, -0.1) is 0 Å². The zero-order chi connectivity index (χ0) is 15.2. The number of pyridine rings is 1. The van der Waals surface area contributed by atoms with Crippen LogP contribution < -0.4 is 0 Å². The van der Waals surface area contributed by atoms with E-state index in [-0.39, 0.29) is 5.02 Å². The van der Waals surface area contributed by atoms with Gasteiger partial charge >= 0.3 is 6.18 Å². The quantitative estimate of drug-likeness (QED) is 0.622. The Hall–Kier alpha value is -1.72. The summed E-state index contributed by atoms with van der Waals surface area (Å²) in [5.41, 5.74) is 0.737. The number of nitrogens with zero attached hydrogens (tertiary/aromatic N) is 1. The molecular weight excluding hydrogens is 324 g/mol. The van der Waals surface area contributed by atoms with Crippen molar-refractivity contribution in [1.29, 1.82) is 0 Å². The molecule has 2 heterocycles. The fraction of sp³-hybridized carbons (Fsp3) is 0.0714. The lowest BCUT2D eigenvalue weighted by molar-refractivity contribution is -0.137. The van der Waals surface area contributed by atoms with E-state index in [0.717, 1.165) is 6.07 Å². The van der Waals surface area contributed by atoms with Crippen molar-refractivity contribution in [3.05, 3.63) is 52.3 Å². The van der Waals surface area contributed by atoms with Gasteiger partial charge in [0.15, 0.2) is 0 Å². The predicted octanol–water partition coefficient (Wildman–Crippen LogP) is 5.56. The summed E-state index contributed by atoms with van der Waals surface area (Å²) in [7, 11) is 0. The first-order valence-corrected chi connectivity index (χ1v) is 6.61. The van der Waals surface area contributed by atoms with E-state index in [9.17, 15) is 13.2 Å². The Kier molecular flexibility index (Phi) is 3.34. The number of nitrogens with one attached hydrogen (secondary N) is 1. The van der Waals surface area contributed by atoms with Gasteiger partial charge in [-0.1, -0.05) is 23.2 Å². The maximum Gasteiger partial charge on any atom is 0.417 e. The summed E-state index contributed by atoms with van der Waals surface area (Å²) in [6.45, 7) is 0. The molecule has 1 N–H and O–H groups in total. The summed E-state index contributed by atoms with van der Waals surface area (Å²) in [5, 5.41) is 0.656. The minimum absolute atomic E-state index is 0.332. The maximum atomic E-state index is 12.8. The number of benzene rings is 1. The van der Waals surface area contributed by atoms with E-state index < -0.39 is 11.7 Å². The standard InChI is InChI=1S/C14H7Cl2F3N2/c15-10-3-7-4-13(8-1-2-20-6-11(8)16)21-12(7)5-9(10)14(17,18)19/h1-6,21H. The average Bonchev–Trinajstić information content (AvgIpc) is 2.79. The van der Waals surface area contributed by atoms with Crippen molar-refractivity contribution >= 4 is 34.1 Å². The summed E-state index contributed by atoms with van der Waals surface area (Å²) < 4.78 is 38.5. The molecule has 1 aromatic carbocycles. The Morgan fingerprint density at radius 2 is 1.81 bits per heavy atom. The number of H-pyrrole nitrogens is 1. The first-order valence-electron chi connectivity index (χ1n) is 5.85. The molecule has 3 aromatic rings. The molecule has 7 heteroatoms. The van der Waals surface area contributed by atoms with Crippen LogP contribution in [0.1, 0.15) is 5.56 Å². The Labute approximate surface area is 127 Å². The van der Waals surface area contributed by atoms with Gasteiger partial charge in [-0.05, 0) is 24.3 Å². The smallest absolute Gasteiger partial charge is 0.354 e. The Bertz CT molecular complexity index is 825. The summed E-state index contributed by atoms with van der Waals surface area (Å²) in [4.78, 5) is 6.79. The minimum atomic E-state index is -4.50. The molecule has 0 fully saturated rings. The number of aromatic amines is 1. The fourth-order valence-corrected chi connectivity index (χ4v) is 2.61. The molecule has 0 aliphatic carbocycles. The fourth-order valence-electron chi connectivity index (χ4n) is 2.11. The van der Waals surface area contributed by atoms with Gasteiger partial charge in [-0.2, -0.15) is 13.2 Å². The van der Waals surface area contributed by atoms with Gasteiger partial charge in [0.2, 0.25) is 0 Å². The minimum Gasteiger partial charge on any atom is -0.354 e. The van der Waals surface area contributed by atoms with Crippen molar-refractivity contribution in [1.82, 2.24) is 9.97 Å². The molecule has 0 bridgehead atoms. The Balaban J connectivity index is 2.20. The number of hydrogen-bond donors (Lipinski definition) is 1. The van der Waals surface area contributed by atoms with Crippen molar-refractivity contribution in [2.45, 2.75) is 6.18 Å². The number of rotatable bonds is 1. The summed E-state index contributed by atoms with van der Waals surface area (Å²) in [5.74, 6) is 0. The number of halogens is 5. The second-order valence-corrected chi connectivity index (χ2v) is 5.27. The molecule has 2 aromatic heterocycles. The second-order valence-electron chi connectivity index (χ2n) is 4.46. The van der Waals surface area contributed by atoms with Crippen LogP contribution in [0.25, 0.3) is 22.2 Å². The highest BCUT2D eigenvalue weighted by Gasteiger charge is 2.33. The third-order valence-corrected chi connectivity index (χ3v) is 3.69. The van der Waals surface area contributed by atoms with Crippen LogP contribution in [0.15, 0.2) is 36.7 Å². The lowest BCUT2D eigenvalue weighted by Crippen LogP contribution is -2.05. The monoisotopic (exact) mass is 330 g/mol. The van der Waals surface area contributed by atoms with Gasteiger partial charge in [0.25, 0.3) is 0 Å². The average molecular weight is 331 g/mol. The molecule has 2 nitrogen and oxygen atoms in total. The van der Waals surface area contributed by atoms with Crippen LogP contribution in [0.3, 0.4) is 0 Å². The van der Waals surface area contributed by atoms with Crippen LogP contribution in [0.5, 0.6) is 0 Å². The summed E-state index contributed by atoms with van der Waals surface area (Å²) >= 11 is 11.7. The number of alkyl halides is 3. The normalized spacial score (nSPS) is 12.0. The van der Waals surface area contributed by atoms with E-state index in [1.807, 2.05) is 0 Å². The molecule has 3 rings (SSSR count). The third-order valence-electron chi connectivity index (χ3n) is 3.08. The lowest BCUT2D eigenvalue weighted by Gasteiger charge is -2.08. The summed E-state index contributed by atoms with van der Waals surface area (Å²) in [6, 6.07) is 5.66. The van der Waals surface area contributed by atoms with E-state index in [1.165, 1.54) is 12.3 Å². The van der Waals surface area contributed by atoms with Crippen molar-refractivity contribution < 1.29 is 13.2 Å². The van der Waals surface area contributed by atoms with E-state index >= 15 is 0 Å². The Morgan fingerprint density at radius 1 is 1.05 bits per heavy atom. The first kappa shape index (κ1) is 14.2. The number of fused-ring (bicyclic) bond motifs is 1. The van der Waals surface area contributed by atoms with Crippen molar-refractivity contribution in [2.24, 2.45) is 0 Å². The van der Waals surface area contributed by atoms with E-state index in [0.29, 0.717) is 27.2 Å². The third kappa shape index (κ3) is 2.59. The highest BCUT2D eigenvalue weighted by atomic mass is 35.5. The molecule has 108 valence electrons. The largest absolute Gasteiger partial charge is 0.417 e. The van der Waals surface area contributed by atoms with Crippen LogP contribution in [0.2, 0.25) is 10.0 Å². The molecule has 0 aliphatic heterocycles. The van der Waals surface area contributed by atoms with E-state index in [1.54, 1.807) is 18.3 Å². The van der Waals surface area contributed by atoms with Gasteiger partial charge in [-0.25, -0.2) is 0 Å². The summed E-state index contributed by atoms with van der Waals surface area (Å²) in [6.07, 6.45) is -1.47. The van der Waals surface area contributed by atoms with Gasteiger partial charge in [0.05, 0.1) is 15.6 Å². The second kappa shape index (κ2) is 4.93. The molecule has 0 saturated carbocycles. The van der Waals surface area contributed by atoms with Crippen LogP contribution in [-0.2, 0) is 6.18 Å². The predicted molar refractivity (Wildman–Crippen MR) is 76.6 cm³/mol. The lowest BCUT2D eigenvalue weighted by atomic mass is 10.1. The molecule has 0 atom stereocenters. The van der Waals surface area contributed by atoms with Crippen molar-refractivity contribution in [3.63, 3.8) is 0 Å². The molecule has 0 radical (unpaired) electrons. The van der Waals surface area contributed by atoms with Crippen molar-refractivity contribution in [3.8, 4) is 11.3 Å². The van der Waals surface area contributed by atoms with Gasteiger partial charge in [-0.3, -0.25) is 4.98 Å². The molecule has 0 spiro atoms. The van der Waals surface area contributed by atoms with Gasteiger partial charge in [0, 0.05) is 34.6 Å². The molecular formula is C14H7Cl2F3N2. The molecule has 0 amide bonds. The van der Waals surface area contributed by atoms with Gasteiger partial charge in [0.1, 0.15) is 0 Å². The number of aromatic nitrogens is 2. The SMILES string of the molecule is FC(F)(F)c1cc2[nH]c(-c3ccncc3Cl)cc2cc1Cl. The molecule has 0 saturated heterocycles. The van der Waals surface area contributed by atoms with Crippen molar-refractivity contribution in [2.75, 3.05) is 0 Å². The van der Waals surface area contributed by atoms with Crippen LogP contribution >= 0.6 is 23.2 Å². The molecule has 21 heavy (non-hydrogen) atoms. The van der Waals surface area contributed by atoms with Crippen LogP contribution in [0, 0.1) is 0 Å². The maximum absolute atomic E-state index is 12.8. The highest BCUT2D eigenvalue weighted by Crippen LogP contribution is 2.38. The van der Waals surface area contributed by atoms with E-state index in [4.69, 9.17) is 23.2 Å². The highest BCUT2D eigenvalue weighted by molar-refractivity contribution is 6.33. The van der Waals surface area contributed by atoms with Crippen LogP contribution in [-0.4, -0.2) is 9.97 Å². The zero-order valence-corrected chi connectivity index (χ0v) is 11.8. The topological polar surface area (TPSA) is 28.7 Å². The van der Waals surface area contributed by atoms with Gasteiger partial charge < -0.3 is 4.98 Å². The molecule has 0 unspecified atom stereocenters. The molecule has 0 aliphatic rings.